The smallest absolute Gasteiger partial charge is 0.338 e. The van der Waals surface area contributed by atoms with Crippen molar-refractivity contribution in [3.8, 4) is 0 Å². The molecule has 0 spiro atoms. The minimum Gasteiger partial charge on any atom is -0.462 e. The van der Waals surface area contributed by atoms with Crippen LogP contribution in [-0.2, 0) is 11.3 Å². The molecule has 0 amide bonds. The third kappa shape index (κ3) is 1.78. The summed E-state index contributed by atoms with van der Waals surface area (Å²) in [5, 5.41) is 5.26. The number of rotatable bonds is 3. The number of hydrogen-bond donors (Lipinski definition) is 0. The Hall–Kier alpha value is -1.84. The lowest BCUT2D eigenvalue weighted by atomic mass is 10.1. The zero-order chi connectivity index (χ0) is 11.5. The van der Waals surface area contributed by atoms with Gasteiger partial charge in [0.25, 0.3) is 0 Å². The van der Waals surface area contributed by atoms with E-state index >= 15 is 0 Å². The van der Waals surface area contributed by atoms with Crippen molar-refractivity contribution in [1.29, 1.82) is 0 Å². The predicted octanol–water partition coefficient (Wildman–Crippen LogP) is 2.23. The number of aryl methyl sites for hydroxylation is 1. The SMILES string of the molecule is CCOC(=O)c1ccc2cnn(CC)c2c1. The Morgan fingerprint density at radius 1 is 1.44 bits per heavy atom. The van der Waals surface area contributed by atoms with Crippen LogP contribution in [0.3, 0.4) is 0 Å². The van der Waals surface area contributed by atoms with Gasteiger partial charge in [-0.25, -0.2) is 4.79 Å². The maximum absolute atomic E-state index is 11.6. The summed E-state index contributed by atoms with van der Waals surface area (Å²) in [7, 11) is 0. The maximum Gasteiger partial charge on any atom is 0.338 e. The molecule has 2 rings (SSSR count). The van der Waals surface area contributed by atoms with E-state index in [-0.39, 0.29) is 5.97 Å². The van der Waals surface area contributed by atoms with Crippen LogP contribution in [0.5, 0.6) is 0 Å². The van der Waals surface area contributed by atoms with E-state index in [2.05, 4.69) is 5.10 Å². The number of nitrogens with zero attached hydrogens (tertiary/aromatic N) is 2. The number of esters is 1. The first-order chi connectivity index (χ1) is 7.76. The Morgan fingerprint density at radius 2 is 2.25 bits per heavy atom. The van der Waals surface area contributed by atoms with Gasteiger partial charge in [0, 0.05) is 11.9 Å². The first-order valence-electron chi connectivity index (χ1n) is 5.39. The molecular weight excluding hydrogens is 204 g/mol. The average molecular weight is 218 g/mol. The third-order valence-corrected chi connectivity index (χ3v) is 2.46. The highest BCUT2D eigenvalue weighted by atomic mass is 16.5. The van der Waals surface area contributed by atoms with Crippen LogP contribution >= 0.6 is 0 Å². The first kappa shape index (κ1) is 10.7. The van der Waals surface area contributed by atoms with Crippen molar-refractivity contribution in [3.63, 3.8) is 0 Å². The van der Waals surface area contributed by atoms with Crippen LogP contribution in [0.1, 0.15) is 24.2 Å². The van der Waals surface area contributed by atoms with Gasteiger partial charge in [-0.3, -0.25) is 4.68 Å². The lowest BCUT2D eigenvalue weighted by Crippen LogP contribution is -2.05. The van der Waals surface area contributed by atoms with E-state index in [1.807, 2.05) is 23.7 Å². The van der Waals surface area contributed by atoms with Gasteiger partial charge in [0.15, 0.2) is 0 Å². The molecule has 0 saturated heterocycles. The van der Waals surface area contributed by atoms with E-state index < -0.39 is 0 Å². The summed E-state index contributed by atoms with van der Waals surface area (Å²) < 4.78 is 6.82. The van der Waals surface area contributed by atoms with Gasteiger partial charge in [-0.05, 0) is 26.0 Å². The van der Waals surface area contributed by atoms with Gasteiger partial charge in [-0.1, -0.05) is 6.07 Å². The second-order valence-electron chi connectivity index (χ2n) is 3.45. The molecule has 0 fully saturated rings. The summed E-state index contributed by atoms with van der Waals surface area (Å²) in [5.41, 5.74) is 1.54. The van der Waals surface area contributed by atoms with Crippen molar-refractivity contribution in [2.45, 2.75) is 20.4 Å². The molecule has 0 atom stereocenters. The Kier molecular flexibility index (Phi) is 2.90. The molecule has 4 heteroatoms. The molecule has 0 aliphatic carbocycles. The number of carbonyl (C=O) groups excluding carboxylic acids is 1. The molecule has 0 aliphatic heterocycles. The Labute approximate surface area is 93.8 Å². The maximum atomic E-state index is 11.6. The molecule has 1 aromatic heterocycles. The monoisotopic (exact) mass is 218 g/mol. The summed E-state index contributed by atoms with van der Waals surface area (Å²) in [5.74, 6) is -0.284. The summed E-state index contributed by atoms with van der Waals surface area (Å²) in [6, 6.07) is 5.48. The van der Waals surface area contributed by atoms with Crippen LogP contribution in [0.4, 0.5) is 0 Å². The van der Waals surface area contributed by atoms with Crippen LogP contribution in [-0.4, -0.2) is 22.4 Å². The number of fused-ring (bicyclic) bond motifs is 1. The quantitative estimate of drug-likeness (QED) is 0.742. The van der Waals surface area contributed by atoms with E-state index in [1.54, 1.807) is 19.2 Å². The Morgan fingerprint density at radius 3 is 2.94 bits per heavy atom. The molecule has 16 heavy (non-hydrogen) atoms. The van der Waals surface area contributed by atoms with E-state index in [0.29, 0.717) is 12.2 Å². The zero-order valence-electron chi connectivity index (χ0n) is 9.43. The van der Waals surface area contributed by atoms with Gasteiger partial charge in [-0.15, -0.1) is 0 Å². The highest BCUT2D eigenvalue weighted by Crippen LogP contribution is 2.16. The topological polar surface area (TPSA) is 44.1 Å². The Balaban J connectivity index is 2.45. The van der Waals surface area contributed by atoms with Crippen LogP contribution < -0.4 is 0 Å². The van der Waals surface area contributed by atoms with E-state index in [0.717, 1.165) is 17.4 Å². The third-order valence-electron chi connectivity index (χ3n) is 2.46. The van der Waals surface area contributed by atoms with Gasteiger partial charge < -0.3 is 4.74 Å². The van der Waals surface area contributed by atoms with Crippen LogP contribution in [0.2, 0.25) is 0 Å². The van der Waals surface area contributed by atoms with Crippen LogP contribution in [0.25, 0.3) is 10.9 Å². The summed E-state index contributed by atoms with van der Waals surface area (Å²) in [6.07, 6.45) is 1.80. The van der Waals surface area contributed by atoms with E-state index in [1.165, 1.54) is 0 Å². The molecule has 1 aromatic carbocycles. The molecule has 0 radical (unpaired) electrons. The fraction of sp³-hybridized carbons (Fsp3) is 0.333. The molecule has 84 valence electrons. The fourth-order valence-electron chi connectivity index (χ4n) is 1.66. The lowest BCUT2D eigenvalue weighted by molar-refractivity contribution is 0.0526. The highest BCUT2D eigenvalue weighted by molar-refractivity contribution is 5.94. The van der Waals surface area contributed by atoms with Gasteiger partial charge in [0.05, 0.1) is 23.9 Å². The minimum atomic E-state index is -0.284. The van der Waals surface area contributed by atoms with Crippen LogP contribution in [0.15, 0.2) is 24.4 Å². The molecule has 0 aliphatic rings. The number of hydrogen-bond acceptors (Lipinski definition) is 3. The average Bonchev–Trinajstić information content (AvgIpc) is 2.71. The van der Waals surface area contributed by atoms with Crippen molar-refractivity contribution in [1.82, 2.24) is 9.78 Å². The van der Waals surface area contributed by atoms with Gasteiger partial charge >= 0.3 is 5.97 Å². The Bertz CT molecular complexity index is 517. The largest absolute Gasteiger partial charge is 0.462 e. The normalized spacial score (nSPS) is 10.6. The second-order valence-corrected chi connectivity index (χ2v) is 3.45. The molecule has 0 bridgehead atoms. The van der Waals surface area contributed by atoms with Crippen molar-refractivity contribution in [2.75, 3.05) is 6.61 Å². The second kappa shape index (κ2) is 4.35. The fourth-order valence-corrected chi connectivity index (χ4v) is 1.66. The number of ether oxygens (including phenoxy) is 1. The standard InChI is InChI=1S/C12H14N2O2/c1-3-14-11-7-9(12(15)16-4-2)5-6-10(11)8-13-14/h5-8H,3-4H2,1-2H3. The molecular formula is C12H14N2O2. The molecule has 0 saturated carbocycles. The van der Waals surface area contributed by atoms with E-state index in [9.17, 15) is 4.79 Å². The van der Waals surface area contributed by atoms with E-state index in [4.69, 9.17) is 4.74 Å². The number of carbonyl (C=O) groups is 1. The van der Waals surface area contributed by atoms with Crippen molar-refractivity contribution < 1.29 is 9.53 Å². The molecule has 4 nitrogen and oxygen atoms in total. The number of aromatic nitrogens is 2. The van der Waals surface area contributed by atoms with Crippen molar-refractivity contribution in [2.24, 2.45) is 0 Å². The van der Waals surface area contributed by atoms with Gasteiger partial charge in [0.1, 0.15) is 0 Å². The summed E-state index contributed by atoms with van der Waals surface area (Å²) in [4.78, 5) is 11.6. The molecule has 2 aromatic rings. The molecule has 0 N–H and O–H groups in total. The van der Waals surface area contributed by atoms with Crippen LogP contribution in [0, 0.1) is 0 Å². The lowest BCUT2D eigenvalue weighted by Gasteiger charge is -2.03. The first-order valence-corrected chi connectivity index (χ1v) is 5.39. The molecule has 1 heterocycles. The van der Waals surface area contributed by atoms with Gasteiger partial charge in [0.2, 0.25) is 0 Å². The molecule has 0 unspecified atom stereocenters. The summed E-state index contributed by atoms with van der Waals surface area (Å²) in [6.45, 7) is 5.00. The summed E-state index contributed by atoms with van der Waals surface area (Å²) >= 11 is 0. The minimum absolute atomic E-state index is 0.284. The van der Waals surface area contributed by atoms with Gasteiger partial charge in [-0.2, -0.15) is 5.10 Å². The van der Waals surface area contributed by atoms with Crippen molar-refractivity contribution in [3.05, 3.63) is 30.0 Å². The number of benzene rings is 1. The van der Waals surface area contributed by atoms with Crippen molar-refractivity contribution >= 4 is 16.9 Å². The zero-order valence-corrected chi connectivity index (χ0v) is 9.43. The highest BCUT2D eigenvalue weighted by Gasteiger charge is 2.09. The predicted molar refractivity (Wildman–Crippen MR) is 61.4 cm³/mol.